The third-order valence-corrected chi connectivity index (χ3v) is 6.68. The summed E-state index contributed by atoms with van der Waals surface area (Å²) in [6.07, 6.45) is -1.03. The number of methoxy groups -OCH3 is 1. The Kier molecular flexibility index (Phi) is 9.59. The highest BCUT2D eigenvalue weighted by molar-refractivity contribution is 6.12. The standard InChI is InChI=1S/C31H36N4O6/c1-5-40-28(41-6-2)20-35-26-16-8-7-15-25(26)31(29(35)37,19-27(36)32-22-12-9-11-21(3)17-22)34-30(38)33-23-13-10-14-24(18-23)39-4/h7-18,28H,5-6,19-20H2,1-4H3,(H,32,36)(H2,33,34,38)/t31-/m0/s1. The van der Waals surface area contributed by atoms with Crippen LogP contribution in [0.25, 0.3) is 0 Å². The van der Waals surface area contributed by atoms with Crippen molar-refractivity contribution in [2.75, 3.05) is 42.4 Å². The molecule has 0 aromatic heterocycles. The van der Waals surface area contributed by atoms with Gasteiger partial charge in [-0.2, -0.15) is 0 Å². The van der Waals surface area contributed by atoms with Gasteiger partial charge < -0.3 is 35.1 Å². The molecular formula is C31H36N4O6. The van der Waals surface area contributed by atoms with E-state index in [1.54, 1.807) is 54.6 Å². The minimum Gasteiger partial charge on any atom is -0.497 e. The molecular weight excluding hydrogens is 524 g/mol. The molecule has 3 aromatic carbocycles. The lowest BCUT2D eigenvalue weighted by Crippen LogP contribution is -2.56. The summed E-state index contributed by atoms with van der Waals surface area (Å²) in [5.74, 6) is -0.349. The molecule has 1 heterocycles. The SMILES string of the molecule is CCOC(CN1C(=O)[C@@](CC(=O)Nc2cccc(C)c2)(NC(=O)Nc2cccc(OC)c2)c2ccccc21)OCC. The number of benzene rings is 3. The van der Waals surface area contributed by atoms with Crippen molar-refractivity contribution in [2.24, 2.45) is 0 Å². The van der Waals surface area contributed by atoms with Crippen LogP contribution in [0.15, 0.2) is 72.8 Å². The molecule has 0 unspecified atom stereocenters. The molecule has 0 spiro atoms. The van der Waals surface area contributed by atoms with Crippen LogP contribution < -0.4 is 25.6 Å². The molecule has 1 aliphatic heterocycles. The average molecular weight is 561 g/mol. The first-order valence-corrected chi connectivity index (χ1v) is 13.5. The molecule has 0 saturated carbocycles. The smallest absolute Gasteiger partial charge is 0.320 e. The monoisotopic (exact) mass is 560 g/mol. The van der Waals surface area contributed by atoms with E-state index in [0.717, 1.165) is 5.56 Å². The predicted molar refractivity (Wildman–Crippen MR) is 157 cm³/mol. The first kappa shape index (κ1) is 29.6. The number of rotatable bonds is 12. The topological polar surface area (TPSA) is 118 Å². The van der Waals surface area contributed by atoms with Gasteiger partial charge in [0.1, 0.15) is 5.75 Å². The van der Waals surface area contributed by atoms with Gasteiger partial charge in [0, 0.05) is 36.2 Å². The molecule has 0 saturated heterocycles. The number of para-hydroxylation sites is 1. The highest BCUT2D eigenvalue weighted by Gasteiger charge is 2.53. The lowest BCUT2D eigenvalue weighted by atomic mass is 9.87. The number of hydrogen-bond donors (Lipinski definition) is 3. The van der Waals surface area contributed by atoms with Gasteiger partial charge in [0.15, 0.2) is 11.8 Å². The summed E-state index contributed by atoms with van der Waals surface area (Å²) in [5.41, 5.74) is 1.39. The van der Waals surface area contributed by atoms with Crippen molar-refractivity contribution in [3.8, 4) is 5.75 Å². The van der Waals surface area contributed by atoms with Crippen molar-refractivity contribution in [1.82, 2.24) is 5.32 Å². The number of carbonyl (C=O) groups is 3. The van der Waals surface area contributed by atoms with Crippen LogP contribution in [-0.2, 0) is 24.6 Å². The van der Waals surface area contributed by atoms with Crippen molar-refractivity contribution in [3.05, 3.63) is 83.9 Å². The Bertz CT molecular complexity index is 1390. The molecule has 10 nitrogen and oxygen atoms in total. The summed E-state index contributed by atoms with van der Waals surface area (Å²) in [6, 6.07) is 20.6. The number of nitrogens with one attached hydrogen (secondary N) is 3. The number of amides is 4. The highest BCUT2D eigenvalue weighted by atomic mass is 16.7. The van der Waals surface area contributed by atoms with Crippen molar-refractivity contribution in [2.45, 2.75) is 39.0 Å². The van der Waals surface area contributed by atoms with Crippen LogP contribution in [0, 0.1) is 6.92 Å². The molecule has 0 bridgehead atoms. The normalized spacial score (nSPS) is 15.9. The van der Waals surface area contributed by atoms with Gasteiger partial charge in [0.25, 0.3) is 5.91 Å². The zero-order valence-corrected chi connectivity index (χ0v) is 23.7. The molecule has 1 aliphatic rings. The fourth-order valence-corrected chi connectivity index (χ4v) is 4.94. The zero-order valence-electron chi connectivity index (χ0n) is 23.7. The van der Waals surface area contributed by atoms with Gasteiger partial charge in [-0.25, -0.2) is 4.79 Å². The molecule has 0 radical (unpaired) electrons. The van der Waals surface area contributed by atoms with E-state index in [0.29, 0.717) is 41.6 Å². The summed E-state index contributed by atoms with van der Waals surface area (Å²) in [7, 11) is 1.53. The minimum atomic E-state index is -1.70. The van der Waals surface area contributed by atoms with Crippen LogP contribution in [0.2, 0.25) is 0 Å². The first-order chi connectivity index (χ1) is 19.8. The lowest BCUT2D eigenvalue weighted by molar-refractivity contribution is -0.138. The number of aryl methyl sites for hydroxylation is 1. The van der Waals surface area contributed by atoms with E-state index in [1.807, 2.05) is 39.0 Å². The maximum absolute atomic E-state index is 14.3. The van der Waals surface area contributed by atoms with Crippen LogP contribution >= 0.6 is 0 Å². The van der Waals surface area contributed by atoms with Gasteiger partial charge in [-0.15, -0.1) is 0 Å². The largest absolute Gasteiger partial charge is 0.497 e. The van der Waals surface area contributed by atoms with Crippen LogP contribution in [0.5, 0.6) is 5.75 Å². The quantitative estimate of drug-likeness (QED) is 0.274. The zero-order chi connectivity index (χ0) is 29.4. The molecule has 10 heteroatoms. The lowest BCUT2D eigenvalue weighted by Gasteiger charge is -2.30. The highest BCUT2D eigenvalue weighted by Crippen LogP contribution is 2.43. The van der Waals surface area contributed by atoms with Crippen LogP contribution in [-0.4, -0.2) is 51.0 Å². The summed E-state index contributed by atoms with van der Waals surface area (Å²) in [5, 5.41) is 8.49. The second-order valence-corrected chi connectivity index (χ2v) is 9.58. The molecule has 4 rings (SSSR count). The van der Waals surface area contributed by atoms with Crippen LogP contribution in [0.1, 0.15) is 31.4 Å². The van der Waals surface area contributed by atoms with Gasteiger partial charge in [0.2, 0.25) is 5.91 Å². The van der Waals surface area contributed by atoms with E-state index in [9.17, 15) is 14.4 Å². The van der Waals surface area contributed by atoms with Crippen molar-refractivity contribution in [3.63, 3.8) is 0 Å². The van der Waals surface area contributed by atoms with E-state index >= 15 is 0 Å². The average Bonchev–Trinajstić information content (AvgIpc) is 3.16. The Labute approximate surface area is 240 Å². The third-order valence-electron chi connectivity index (χ3n) is 6.68. The van der Waals surface area contributed by atoms with E-state index in [-0.39, 0.29) is 13.0 Å². The van der Waals surface area contributed by atoms with Crippen molar-refractivity contribution >= 4 is 34.9 Å². The molecule has 4 amide bonds. The summed E-state index contributed by atoms with van der Waals surface area (Å²) >= 11 is 0. The Morgan fingerprint density at radius 2 is 1.59 bits per heavy atom. The van der Waals surface area contributed by atoms with Crippen molar-refractivity contribution in [1.29, 1.82) is 0 Å². The van der Waals surface area contributed by atoms with Crippen LogP contribution in [0.4, 0.5) is 21.9 Å². The maximum atomic E-state index is 14.3. The van der Waals surface area contributed by atoms with Gasteiger partial charge in [-0.3, -0.25) is 9.59 Å². The van der Waals surface area contributed by atoms with E-state index in [2.05, 4.69) is 16.0 Å². The second kappa shape index (κ2) is 13.3. The summed E-state index contributed by atoms with van der Waals surface area (Å²) in [6.45, 7) is 6.47. The molecule has 41 heavy (non-hydrogen) atoms. The van der Waals surface area contributed by atoms with Crippen molar-refractivity contribution < 1.29 is 28.6 Å². The summed E-state index contributed by atoms with van der Waals surface area (Å²) < 4.78 is 16.7. The van der Waals surface area contributed by atoms with Crippen LogP contribution in [0.3, 0.4) is 0 Å². The van der Waals surface area contributed by atoms with E-state index in [4.69, 9.17) is 14.2 Å². The number of ether oxygens (including phenoxy) is 3. The summed E-state index contributed by atoms with van der Waals surface area (Å²) in [4.78, 5) is 42.8. The van der Waals surface area contributed by atoms with Gasteiger partial charge in [0.05, 0.1) is 25.8 Å². The van der Waals surface area contributed by atoms with Gasteiger partial charge in [-0.1, -0.05) is 36.4 Å². The first-order valence-electron chi connectivity index (χ1n) is 13.5. The second-order valence-electron chi connectivity index (χ2n) is 9.58. The number of hydrogen-bond acceptors (Lipinski definition) is 6. The van der Waals surface area contributed by atoms with Gasteiger partial charge in [-0.05, 0) is 56.7 Å². The molecule has 3 aromatic rings. The molecule has 1 atom stereocenters. The molecule has 0 aliphatic carbocycles. The van der Waals surface area contributed by atoms with E-state index in [1.165, 1.54) is 12.0 Å². The van der Waals surface area contributed by atoms with E-state index < -0.39 is 29.7 Å². The Balaban J connectivity index is 1.70. The minimum absolute atomic E-state index is 0.0813. The van der Waals surface area contributed by atoms with Gasteiger partial charge >= 0.3 is 6.03 Å². The maximum Gasteiger partial charge on any atom is 0.320 e. The third kappa shape index (κ3) is 6.85. The molecule has 0 fully saturated rings. The Hall–Kier alpha value is -4.41. The predicted octanol–water partition coefficient (Wildman–Crippen LogP) is 4.80. The number of fused-ring (bicyclic) bond motifs is 1. The molecule has 216 valence electrons. The fraction of sp³-hybridized carbons (Fsp3) is 0.323. The Morgan fingerprint density at radius 1 is 0.902 bits per heavy atom. The fourth-order valence-electron chi connectivity index (χ4n) is 4.94. The number of urea groups is 1. The molecule has 3 N–H and O–H groups in total. The Morgan fingerprint density at radius 3 is 2.27 bits per heavy atom. The number of nitrogens with zero attached hydrogens (tertiary/aromatic N) is 1. The number of carbonyl (C=O) groups excluding carboxylic acids is 3. The number of anilines is 3.